The van der Waals surface area contributed by atoms with Crippen molar-refractivity contribution in [2.24, 2.45) is 0 Å². The van der Waals surface area contributed by atoms with Crippen LogP contribution in [0.2, 0.25) is 5.02 Å². The summed E-state index contributed by atoms with van der Waals surface area (Å²) >= 11 is 6.47. The van der Waals surface area contributed by atoms with Crippen LogP contribution in [0.4, 0.5) is 0 Å². The molecule has 0 aromatic heterocycles. The van der Waals surface area contributed by atoms with Crippen LogP contribution in [0.5, 0.6) is 5.75 Å². The second-order valence-electron chi connectivity index (χ2n) is 5.51. The number of carboxylic acids is 1. The van der Waals surface area contributed by atoms with Gasteiger partial charge in [-0.1, -0.05) is 41.9 Å². The summed E-state index contributed by atoms with van der Waals surface area (Å²) in [7, 11) is 1.63. The lowest BCUT2D eigenvalue weighted by atomic mass is 9.97. The predicted octanol–water partition coefficient (Wildman–Crippen LogP) is 5.04. The van der Waals surface area contributed by atoms with Crippen LogP contribution >= 0.6 is 11.6 Å². The molecule has 3 rings (SSSR count). The topological polar surface area (TPSA) is 46.5 Å². The van der Waals surface area contributed by atoms with E-state index in [4.69, 9.17) is 16.3 Å². The number of para-hydroxylation sites is 1. The molecule has 0 unspecified atom stereocenters. The number of halogens is 1. The lowest BCUT2D eigenvalue weighted by molar-refractivity contribution is -0.132. The molecule has 0 fully saturated rings. The number of ether oxygens (including phenoxy) is 1. The standard InChI is InChI=1S/C19H17ClO3/c1-23-18-8-3-2-5-15(18)14-10-9-12(11-17(14)20)13-6-4-7-16(13)19(21)22/h2-3,5,8-11H,4,6-7H2,1H3,(H,21,22). The van der Waals surface area contributed by atoms with E-state index < -0.39 is 5.97 Å². The fourth-order valence-corrected chi connectivity index (χ4v) is 3.37. The zero-order valence-corrected chi connectivity index (χ0v) is 13.6. The third-order valence-corrected chi connectivity index (χ3v) is 4.50. The van der Waals surface area contributed by atoms with Crippen molar-refractivity contribution >= 4 is 23.1 Å². The molecule has 0 saturated heterocycles. The number of rotatable bonds is 4. The third kappa shape index (κ3) is 2.97. The van der Waals surface area contributed by atoms with Crippen LogP contribution in [-0.2, 0) is 4.79 Å². The molecular formula is C19H17ClO3. The van der Waals surface area contributed by atoms with Crippen LogP contribution in [0.15, 0.2) is 48.0 Å². The SMILES string of the molecule is COc1ccccc1-c1ccc(C2=C(C(=O)O)CCC2)cc1Cl. The second kappa shape index (κ2) is 6.47. The number of benzene rings is 2. The fraction of sp³-hybridized carbons (Fsp3) is 0.211. The van der Waals surface area contributed by atoms with Gasteiger partial charge in [0.15, 0.2) is 0 Å². The Morgan fingerprint density at radius 2 is 1.91 bits per heavy atom. The summed E-state index contributed by atoms with van der Waals surface area (Å²) < 4.78 is 5.39. The van der Waals surface area contributed by atoms with Gasteiger partial charge in [-0.15, -0.1) is 0 Å². The van der Waals surface area contributed by atoms with Crippen molar-refractivity contribution < 1.29 is 14.6 Å². The molecule has 0 amide bonds. The molecule has 3 nitrogen and oxygen atoms in total. The largest absolute Gasteiger partial charge is 0.496 e. The van der Waals surface area contributed by atoms with Crippen molar-refractivity contribution in [1.82, 2.24) is 0 Å². The molecule has 0 bridgehead atoms. The van der Waals surface area contributed by atoms with E-state index in [1.165, 1.54) is 0 Å². The van der Waals surface area contributed by atoms with E-state index in [0.29, 0.717) is 17.0 Å². The molecule has 0 saturated carbocycles. The maximum atomic E-state index is 11.3. The summed E-state index contributed by atoms with van der Waals surface area (Å²) in [6, 6.07) is 13.4. The van der Waals surface area contributed by atoms with Gasteiger partial charge in [0.05, 0.1) is 7.11 Å². The highest BCUT2D eigenvalue weighted by Crippen LogP contribution is 2.39. The van der Waals surface area contributed by atoms with E-state index in [1.54, 1.807) is 7.11 Å². The molecule has 2 aromatic carbocycles. The van der Waals surface area contributed by atoms with Gasteiger partial charge in [-0.3, -0.25) is 0 Å². The maximum Gasteiger partial charge on any atom is 0.331 e. The lowest BCUT2D eigenvalue weighted by Crippen LogP contribution is -1.99. The highest BCUT2D eigenvalue weighted by atomic mass is 35.5. The van der Waals surface area contributed by atoms with Gasteiger partial charge in [0.25, 0.3) is 0 Å². The minimum absolute atomic E-state index is 0.506. The highest BCUT2D eigenvalue weighted by Gasteiger charge is 2.22. The highest BCUT2D eigenvalue weighted by molar-refractivity contribution is 6.33. The molecule has 0 heterocycles. The van der Waals surface area contributed by atoms with Gasteiger partial charge in [0.1, 0.15) is 5.75 Å². The Balaban J connectivity index is 2.05. The first kappa shape index (κ1) is 15.6. The van der Waals surface area contributed by atoms with Gasteiger partial charge in [-0.05, 0) is 42.5 Å². The Kier molecular flexibility index (Phi) is 4.39. The first-order chi connectivity index (χ1) is 11.1. The molecule has 23 heavy (non-hydrogen) atoms. The fourth-order valence-electron chi connectivity index (χ4n) is 3.09. The summed E-state index contributed by atoms with van der Waals surface area (Å²) in [6.07, 6.45) is 2.28. The van der Waals surface area contributed by atoms with Gasteiger partial charge >= 0.3 is 5.97 Å². The van der Waals surface area contributed by atoms with Crippen LogP contribution in [0.1, 0.15) is 24.8 Å². The van der Waals surface area contributed by atoms with Gasteiger partial charge in [-0.2, -0.15) is 0 Å². The second-order valence-corrected chi connectivity index (χ2v) is 5.92. The molecule has 0 spiro atoms. The molecule has 0 atom stereocenters. The average Bonchev–Trinajstić information content (AvgIpc) is 3.04. The summed E-state index contributed by atoms with van der Waals surface area (Å²) in [5.41, 5.74) is 4.09. The molecule has 1 N–H and O–H groups in total. The Bertz CT molecular complexity index is 793. The first-order valence-electron chi connectivity index (χ1n) is 7.50. The van der Waals surface area contributed by atoms with Crippen LogP contribution in [0, 0.1) is 0 Å². The smallest absolute Gasteiger partial charge is 0.331 e. The van der Waals surface area contributed by atoms with Gasteiger partial charge < -0.3 is 9.84 Å². The van der Waals surface area contributed by atoms with E-state index in [-0.39, 0.29) is 0 Å². The van der Waals surface area contributed by atoms with Crippen LogP contribution in [0.3, 0.4) is 0 Å². The quantitative estimate of drug-likeness (QED) is 0.855. The van der Waals surface area contributed by atoms with Gasteiger partial charge in [0, 0.05) is 21.7 Å². The molecule has 1 aliphatic carbocycles. The van der Waals surface area contributed by atoms with Crippen LogP contribution in [-0.4, -0.2) is 18.2 Å². The Labute approximate surface area is 140 Å². The summed E-state index contributed by atoms with van der Waals surface area (Å²) in [5.74, 6) is -0.0733. The van der Waals surface area contributed by atoms with Crippen LogP contribution < -0.4 is 4.74 Å². The van der Waals surface area contributed by atoms with Crippen molar-refractivity contribution in [3.05, 3.63) is 58.6 Å². The number of hydrogen-bond acceptors (Lipinski definition) is 2. The third-order valence-electron chi connectivity index (χ3n) is 4.19. The summed E-state index contributed by atoms with van der Waals surface area (Å²) in [4.78, 5) is 11.3. The van der Waals surface area contributed by atoms with E-state index in [0.717, 1.165) is 40.9 Å². The molecule has 0 radical (unpaired) electrons. The normalized spacial score (nSPS) is 14.2. The zero-order valence-electron chi connectivity index (χ0n) is 12.8. The van der Waals surface area contributed by atoms with Crippen molar-refractivity contribution in [2.75, 3.05) is 7.11 Å². The monoisotopic (exact) mass is 328 g/mol. The number of methoxy groups -OCH3 is 1. The van der Waals surface area contributed by atoms with Gasteiger partial charge in [0.2, 0.25) is 0 Å². The number of carboxylic acid groups (broad SMARTS) is 1. The first-order valence-corrected chi connectivity index (χ1v) is 7.88. The van der Waals surface area contributed by atoms with Gasteiger partial charge in [-0.25, -0.2) is 4.79 Å². The minimum Gasteiger partial charge on any atom is -0.496 e. The predicted molar refractivity (Wildman–Crippen MR) is 91.8 cm³/mol. The van der Waals surface area contributed by atoms with Crippen molar-refractivity contribution in [1.29, 1.82) is 0 Å². The number of hydrogen-bond donors (Lipinski definition) is 1. The number of allylic oxidation sites excluding steroid dienone is 1. The minimum atomic E-state index is -0.831. The number of aliphatic carboxylic acids is 1. The zero-order chi connectivity index (χ0) is 16.4. The molecule has 4 heteroatoms. The Hall–Kier alpha value is -2.26. The average molecular weight is 329 g/mol. The maximum absolute atomic E-state index is 11.3. The summed E-state index contributed by atoms with van der Waals surface area (Å²) in [6.45, 7) is 0. The summed E-state index contributed by atoms with van der Waals surface area (Å²) in [5, 5.41) is 9.90. The van der Waals surface area contributed by atoms with Crippen LogP contribution in [0.25, 0.3) is 16.7 Å². The molecule has 1 aliphatic rings. The van der Waals surface area contributed by atoms with E-state index >= 15 is 0 Å². The van der Waals surface area contributed by atoms with Crippen molar-refractivity contribution in [2.45, 2.75) is 19.3 Å². The van der Waals surface area contributed by atoms with Crippen molar-refractivity contribution in [3.8, 4) is 16.9 Å². The van der Waals surface area contributed by atoms with E-state index in [1.807, 2.05) is 42.5 Å². The molecular weight excluding hydrogens is 312 g/mol. The van der Waals surface area contributed by atoms with E-state index in [9.17, 15) is 9.90 Å². The molecule has 2 aromatic rings. The Morgan fingerprint density at radius 3 is 2.61 bits per heavy atom. The molecule has 0 aliphatic heterocycles. The number of carbonyl (C=O) groups is 1. The lowest BCUT2D eigenvalue weighted by Gasteiger charge is -2.12. The van der Waals surface area contributed by atoms with E-state index in [2.05, 4.69) is 0 Å². The molecule has 118 valence electrons. The Morgan fingerprint density at radius 1 is 1.13 bits per heavy atom. The van der Waals surface area contributed by atoms with Crippen molar-refractivity contribution in [3.63, 3.8) is 0 Å².